The van der Waals surface area contributed by atoms with Crippen LogP contribution in [0, 0.1) is 10.1 Å². The van der Waals surface area contributed by atoms with E-state index in [-0.39, 0.29) is 16.9 Å². The summed E-state index contributed by atoms with van der Waals surface area (Å²) < 4.78 is 0. The SMILES string of the molecule is CC(C)(C)c1ccc(C(=O)Nc2cccc(N=Cc3cc(Cc4ccccc4Cl)cc([N+](=O)[O-])c3O)c2)cc1. The van der Waals surface area contributed by atoms with E-state index in [2.05, 4.69) is 31.1 Å². The predicted molar refractivity (Wildman–Crippen MR) is 156 cm³/mol. The Morgan fingerprint density at radius 3 is 2.41 bits per heavy atom. The first-order valence-electron chi connectivity index (χ1n) is 12.3. The first kappa shape index (κ1) is 27.5. The molecule has 0 heterocycles. The molecular weight excluding hydrogens is 514 g/mol. The summed E-state index contributed by atoms with van der Waals surface area (Å²) in [7, 11) is 0. The molecule has 0 aliphatic carbocycles. The second-order valence-electron chi connectivity index (χ2n) is 10.2. The third-order valence-corrected chi connectivity index (χ3v) is 6.57. The molecule has 4 rings (SSSR count). The largest absolute Gasteiger partial charge is 0.502 e. The zero-order valence-electron chi connectivity index (χ0n) is 21.8. The molecule has 0 saturated heterocycles. The monoisotopic (exact) mass is 541 g/mol. The normalized spacial score (nSPS) is 11.5. The van der Waals surface area contributed by atoms with Crippen molar-refractivity contribution in [1.29, 1.82) is 0 Å². The van der Waals surface area contributed by atoms with Gasteiger partial charge in [-0.15, -0.1) is 0 Å². The second kappa shape index (κ2) is 11.5. The highest BCUT2D eigenvalue weighted by Crippen LogP contribution is 2.32. The van der Waals surface area contributed by atoms with Crippen LogP contribution in [-0.2, 0) is 11.8 Å². The highest BCUT2D eigenvalue weighted by atomic mass is 35.5. The Hall–Kier alpha value is -4.49. The van der Waals surface area contributed by atoms with E-state index in [1.807, 2.05) is 30.3 Å². The Balaban J connectivity index is 1.55. The number of nitro benzene ring substituents is 1. The molecule has 4 aromatic carbocycles. The molecule has 0 unspecified atom stereocenters. The molecule has 1 amide bonds. The van der Waals surface area contributed by atoms with E-state index in [1.54, 1.807) is 48.5 Å². The van der Waals surface area contributed by atoms with Gasteiger partial charge in [-0.05, 0) is 71.0 Å². The average Bonchev–Trinajstić information content (AvgIpc) is 2.89. The summed E-state index contributed by atoms with van der Waals surface area (Å²) in [6.07, 6.45) is 1.71. The van der Waals surface area contributed by atoms with Crippen LogP contribution >= 0.6 is 11.6 Å². The summed E-state index contributed by atoms with van der Waals surface area (Å²) in [5, 5.41) is 25.5. The van der Waals surface area contributed by atoms with Gasteiger partial charge in [0, 0.05) is 34.1 Å². The van der Waals surface area contributed by atoms with Gasteiger partial charge in [0.2, 0.25) is 5.75 Å². The van der Waals surface area contributed by atoms with Crippen LogP contribution in [0.4, 0.5) is 17.1 Å². The summed E-state index contributed by atoms with van der Waals surface area (Å²) >= 11 is 6.26. The molecule has 2 N–H and O–H groups in total. The van der Waals surface area contributed by atoms with E-state index in [0.29, 0.717) is 33.9 Å². The lowest BCUT2D eigenvalue weighted by Gasteiger charge is -2.19. The van der Waals surface area contributed by atoms with Crippen LogP contribution in [0.25, 0.3) is 0 Å². The van der Waals surface area contributed by atoms with Crippen LogP contribution in [0.1, 0.15) is 53.4 Å². The number of nitrogens with one attached hydrogen (secondary N) is 1. The lowest BCUT2D eigenvalue weighted by Crippen LogP contribution is -2.14. The Kier molecular flexibility index (Phi) is 8.12. The number of phenols is 1. The summed E-state index contributed by atoms with van der Waals surface area (Å²) in [5.41, 5.74) is 3.88. The number of phenolic OH excluding ortho intramolecular Hbond substituents is 1. The van der Waals surface area contributed by atoms with Gasteiger partial charge < -0.3 is 10.4 Å². The molecule has 0 fully saturated rings. The maximum atomic E-state index is 12.8. The number of aromatic hydroxyl groups is 1. The third-order valence-electron chi connectivity index (χ3n) is 6.20. The number of rotatable bonds is 7. The molecule has 0 atom stereocenters. The number of carbonyl (C=O) groups excluding carboxylic acids is 1. The van der Waals surface area contributed by atoms with Crippen molar-refractivity contribution >= 4 is 40.8 Å². The van der Waals surface area contributed by atoms with Crippen LogP contribution in [0.15, 0.2) is 89.9 Å². The average molecular weight is 542 g/mol. The highest BCUT2D eigenvalue weighted by Gasteiger charge is 2.19. The van der Waals surface area contributed by atoms with Crippen LogP contribution in [0.3, 0.4) is 0 Å². The molecule has 39 heavy (non-hydrogen) atoms. The second-order valence-corrected chi connectivity index (χ2v) is 10.6. The van der Waals surface area contributed by atoms with Crippen LogP contribution in [-0.4, -0.2) is 22.2 Å². The number of hydrogen-bond donors (Lipinski definition) is 2. The van der Waals surface area contributed by atoms with Crippen molar-refractivity contribution in [1.82, 2.24) is 0 Å². The molecule has 0 bridgehead atoms. The molecule has 8 heteroatoms. The van der Waals surface area contributed by atoms with Gasteiger partial charge in [0.1, 0.15) is 0 Å². The smallest absolute Gasteiger partial charge is 0.311 e. The first-order chi connectivity index (χ1) is 18.5. The maximum Gasteiger partial charge on any atom is 0.311 e. The van der Waals surface area contributed by atoms with E-state index in [9.17, 15) is 20.0 Å². The first-order valence-corrected chi connectivity index (χ1v) is 12.7. The number of hydrogen-bond acceptors (Lipinski definition) is 5. The van der Waals surface area contributed by atoms with Gasteiger partial charge in [-0.1, -0.05) is 68.8 Å². The molecule has 4 aromatic rings. The van der Waals surface area contributed by atoms with E-state index in [1.165, 1.54) is 12.3 Å². The minimum absolute atomic E-state index is 0.00961. The molecule has 0 aliphatic heterocycles. The summed E-state index contributed by atoms with van der Waals surface area (Å²) in [6.45, 7) is 6.34. The third kappa shape index (κ3) is 6.89. The fraction of sp³-hybridized carbons (Fsp3) is 0.161. The van der Waals surface area contributed by atoms with Gasteiger partial charge in [0.05, 0.1) is 10.6 Å². The van der Waals surface area contributed by atoms with Gasteiger partial charge >= 0.3 is 5.69 Å². The standard InChI is InChI=1S/C31H28ClN3O4/c1-31(2,3)24-13-11-21(12-14-24)30(37)34-26-9-6-8-25(18-26)33-19-23-16-20(17-28(29(23)36)35(38)39)15-22-7-4-5-10-27(22)32/h4-14,16-19,36H,15H2,1-3H3,(H,34,37). The van der Waals surface area contributed by atoms with Crippen molar-refractivity contribution in [2.24, 2.45) is 4.99 Å². The Bertz CT molecular complexity index is 1560. The number of anilines is 1. The van der Waals surface area contributed by atoms with Gasteiger partial charge in [0.25, 0.3) is 5.91 Å². The van der Waals surface area contributed by atoms with E-state index >= 15 is 0 Å². The number of nitrogens with zero attached hydrogens (tertiary/aromatic N) is 2. The number of halogens is 1. The van der Waals surface area contributed by atoms with Crippen LogP contribution in [0.5, 0.6) is 5.75 Å². The molecule has 0 aromatic heterocycles. The summed E-state index contributed by atoms with van der Waals surface area (Å²) in [5.74, 6) is -0.730. The van der Waals surface area contributed by atoms with Crippen LogP contribution in [0.2, 0.25) is 5.02 Å². The molecule has 0 spiro atoms. The van der Waals surface area contributed by atoms with E-state index in [4.69, 9.17) is 11.6 Å². The summed E-state index contributed by atoms with van der Waals surface area (Å²) in [4.78, 5) is 28.1. The number of benzene rings is 4. The molecular formula is C31H28ClN3O4. The zero-order valence-corrected chi connectivity index (χ0v) is 22.6. The molecule has 7 nitrogen and oxygen atoms in total. The molecule has 0 radical (unpaired) electrons. The molecule has 0 aliphatic rings. The predicted octanol–water partition coefficient (Wildman–Crippen LogP) is 7.85. The van der Waals surface area contributed by atoms with Gasteiger partial charge in [0.15, 0.2) is 0 Å². The topological polar surface area (TPSA) is 105 Å². The molecule has 0 saturated carbocycles. The van der Waals surface area contributed by atoms with Crippen molar-refractivity contribution in [2.75, 3.05) is 5.32 Å². The number of nitro groups is 1. The van der Waals surface area contributed by atoms with Crippen molar-refractivity contribution < 1.29 is 14.8 Å². The fourth-order valence-corrected chi connectivity index (χ4v) is 4.24. The maximum absolute atomic E-state index is 12.8. The Morgan fingerprint density at radius 2 is 1.74 bits per heavy atom. The number of aliphatic imine (C=N–C) groups is 1. The molecule has 198 valence electrons. The van der Waals surface area contributed by atoms with E-state index < -0.39 is 16.4 Å². The number of carbonyl (C=O) groups is 1. The fourth-order valence-electron chi connectivity index (χ4n) is 4.04. The summed E-state index contributed by atoms with van der Waals surface area (Å²) in [6, 6.07) is 24.6. The quantitative estimate of drug-likeness (QED) is 0.141. The van der Waals surface area contributed by atoms with Crippen LogP contribution < -0.4 is 5.32 Å². The zero-order chi connectivity index (χ0) is 28.2. The lowest BCUT2D eigenvalue weighted by molar-refractivity contribution is -0.385. The van der Waals surface area contributed by atoms with Crippen molar-refractivity contribution in [3.8, 4) is 5.75 Å². The van der Waals surface area contributed by atoms with Crippen molar-refractivity contribution in [3.63, 3.8) is 0 Å². The number of amides is 1. The minimum Gasteiger partial charge on any atom is -0.502 e. The van der Waals surface area contributed by atoms with Crippen molar-refractivity contribution in [2.45, 2.75) is 32.6 Å². The van der Waals surface area contributed by atoms with Gasteiger partial charge in [-0.3, -0.25) is 19.9 Å². The highest BCUT2D eigenvalue weighted by molar-refractivity contribution is 6.31. The van der Waals surface area contributed by atoms with E-state index in [0.717, 1.165) is 11.1 Å². The van der Waals surface area contributed by atoms with Gasteiger partial charge in [-0.2, -0.15) is 0 Å². The Morgan fingerprint density at radius 1 is 1.03 bits per heavy atom. The lowest BCUT2D eigenvalue weighted by atomic mass is 9.87. The minimum atomic E-state index is -0.632. The van der Waals surface area contributed by atoms with Gasteiger partial charge in [-0.25, -0.2) is 0 Å². The Labute approximate surface area is 232 Å². The van der Waals surface area contributed by atoms with Crippen molar-refractivity contribution in [3.05, 3.63) is 128 Å².